The standard InChI is InChI=1S/C15H11Cl2N3O/c1-8-4-10(7-19-6-8)14-13(15(18)21-20-14)9-2-3-11(16)12(17)5-9/h2-7H,18H2,1H3. The topological polar surface area (TPSA) is 64.9 Å². The van der Waals surface area contributed by atoms with Crippen molar-refractivity contribution in [2.45, 2.75) is 6.92 Å². The highest BCUT2D eigenvalue weighted by Crippen LogP contribution is 2.38. The molecular formula is C15H11Cl2N3O. The van der Waals surface area contributed by atoms with Crippen LogP contribution in [-0.2, 0) is 0 Å². The number of aryl methyl sites for hydroxylation is 1. The molecule has 106 valence electrons. The summed E-state index contributed by atoms with van der Waals surface area (Å²) in [4.78, 5) is 4.17. The summed E-state index contributed by atoms with van der Waals surface area (Å²) in [6.07, 6.45) is 3.48. The normalized spacial score (nSPS) is 10.8. The van der Waals surface area contributed by atoms with Crippen molar-refractivity contribution in [1.29, 1.82) is 0 Å². The third kappa shape index (κ3) is 2.60. The summed E-state index contributed by atoms with van der Waals surface area (Å²) < 4.78 is 5.14. The maximum Gasteiger partial charge on any atom is 0.230 e. The minimum absolute atomic E-state index is 0.227. The number of hydrogen-bond donors (Lipinski definition) is 1. The molecule has 3 aromatic rings. The second-order valence-electron chi connectivity index (χ2n) is 4.65. The molecule has 2 aromatic heterocycles. The van der Waals surface area contributed by atoms with Crippen LogP contribution in [0, 0.1) is 6.92 Å². The van der Waals surface area contributed by atoms with E-state index >= 15 is 0 Å². The first-order chi connectivity index (χ1) is 10.1. The van der Waals surface area contributed by atoms with Gasteiger partial charge in [-0.3, -0.25) is 4.98 Å². The van der Waals surface area contributed by atoms with E-state index in [2.05, 4.69) is 10.1 Å². The van der Waals surface area contributed by atoms with E-state index in [1.807, 2.05) is 19.1 Å². The molecule has 1 aromatic carbocycles. The second-order valence-corrected chi connectivity index (χ2v) is 5.46. The molecule has 0 amide bonds. The van der Waals surface area contributed by atoms with E-state index in [1.165, 1.54) is 0 Å². The lowest BCUT2D eigenvalue weighted by atomic mass is 10.0. The van der Waals surface area contributed by atoms with Crippen molar-refractivity contribution >= 4 is 29.1 Å². The Bertz CT molecular complexity index is 814. The average Bonchev–Trinajstić information content (AvgIpc) is 2.84. The zero-order valence-electron chi connectivity index (χ0n) is 11.1. The van der Waals surface area contributed by atoms with E-state index in [-0.39, 0.29) is 5.88 Å². The summed E-state index contributed by atoms with van der Waals surface area (Å²) in [5, 5.41) is 4.97. The molecule has 0 fully saturated rings. The van der Waals surface area contributed by atoms with Gasteiger partial charge in [-0.1, -0.05) is 34.4 Å². The summed E-state index contributed by atoms with van der Waals surface area (Å²) in [6, 6.07) is 7.23. The second kappa shape index (κ2) is 5.39. The molecule has 0 unspecified atom stereocenters. The zero-order valence-corrected chi connectivity index (χ0v) is 12.6. The predicted octanol–water partition coefficient (Wildman–Crippen LogP) is 4.60. The van der Waals surface area contributed by atoms with E-state index in [1.54, 1.807) is 24.5 Å². The molecule has 0 aliphatic carbocycles. The highest BCUT2D eigenvalue weighted by molar-refractivity contribution is 6.42. The van der Waals surface area contributed by atoms with Gasteiger partial charge in [0.25, 0.3) is 0 Å². The highest BCUT2D eigenvalue weighted by Gasteiger charge is 2.18. The third-order valence-electron chi connectivity index (χ3n) is 3.08. The Morgan fingerprint density at radius 1 is 1.05 bits per heavy atom. The van der Waals surface area contributed by atoms with E-state index in [0.717, 1.165) is 16.7 Å². The van der Waals surface area contributed by atoms with Crippen LogP contribution in [0.5, 0.6) is 0 Å². The van der Waals surface area contributed by atoms with Gasteiger partial charge in [-0.25, -0.2) is 0 Å². The number of nitrogens with two attached hydrogens (primary N) is 1. The molecule has 2 N–H and O–H groups in total. The van der Waals surface area contributed by atoms with Gasteiger partial charge in [-0.05, 0) is 36.2 Å². The van der Waals surface area contributed by atoms with Gasteiger partial charge in [-0.15, -0.1) is 0 Å². The Balaban J connectivity index is 2.19. The lowest BCUT2D eigenvalue weighted by Gasteiger charge is -2.05. The first-order valence-electron chi connectivity index (χ1n) is 6.19. The zero-order chi connectivity index (χ0) is 15.0. The number of nitrogen functional groups attached to an aromatic ring is 1. The Morgan fingerprint density at radius 2 is 1.86 bits per heavy atom. The fraction of sp³-hybridized carbons (Fsp3) is 0.0667. The average molecular weight is 320 g/mol. The molecule has 6 heteroatoms. The highest BCUT2D eigenvalue weighted by atomic mass is 35.5. The van der Waals surface area contributed by atoms with Crippen LogP contribution in [0.2, 0.25) is 10.0 Å². The minimum Gasteiger partial charge on any atom is -0.367 e. The van der Waals surface area contributed by atoms with Gasteiger partial charge >= 0.3 is 0 Å². The van der Waals surface area contributed by atoms with Crippen LogP contribution in [0.25, 0.3) is 22.4 Å². The van der Waals surface area contributed by atoms with Crippen molar-refractivity contribution in [3.05, 3.63) is 52.3 Å². The number of halogens is 2. The quantitative estimate of drug-likeness (QED) is 0.749. The molecule has 21 heavy (non-hydrogen) atoms. The molecule has 0 aliphatic heterocycles. The number of hydrogen-bond acceptors (Lipinski definition) is 4. The maximum atomic E-state index is 6.07. The molecule has 0 bridgehead atoms. The Labute approximate surface area is 131 Å². The van der Waals surface area contributed by atoms with Crippen molar-refractivity contribution in [1.82, 2.24) is 10.1 Å². The molecule has 0 spiro atoms. The molecule has 3 rings (SSSR count). The summed E-state index contributed by atoms with van der Waals surface area (Å²) in [5.74, 6) is 0.227. The van der Waals surface area contributed by atoms with Crippen molar-refractivity contribution in [2.24, 2.45) is 0 Å². The van der Waals surface area contributed by atoms with Crippen molar-refractivity contribution < 1.29 is 4.52 Å². The van der Waals surface area contributed by atoms with Gasteiger partial charge in [0.2, 0.25) is 5.88 Å². The van der Waals surface area contributed by atoms with Crippen molar-refractivity contribution in [3.63, 3.8) is 0 Å². The molecule has 2 heterocycles. The van der Waals surface area contributed by atoms with Crippen LogP contribution in [0.1, 0.15) is 5.56 Å². The van der Waals surface area contributed by atoms with Gasteiger partial charge in [0.1, 0.15) is 5.69 Å². The lowest BCUT2D eigenvalue weighted by molar-refractivity contribution is 0.439. The van der Waals surface area contributed by atoms with E-state index in [0.29, 0.717) is 21.3 Å². The Kier molecular flexibility index (Phi) is 3.57. The molecular weight excluding hydrogens is 309 g/mol. The summed E-state index contributed by atoms with van der Waals surface area (Å²) in [6.45, 7) is 1.96. The Hall–Kier alpha value is -2.04. The van der Waals surface area contributed by atoms with Crippen LogP contribution in [0.3, 0.4) is 0 Å². The monoisotopic (exact) mass is 319 g/mol. The first-order valence-corrected chi connectivity index (χ1v) is 6.94. The van der Waals surface area contributed by atoms with E-state index in [9.17, 15) is 0 Å². The number of nitrogens with zero attached hydrogens (tertiary/aromatic N) is 2. The van der Waals surface area contributed by atoms with Gasteiger partial charge in [-0.2, -0.15) is 0 Å². The van der Waals surface area contributed by atoms with Crippen molar-refractivity contribution in [3.8, 4) is 22.4 Å². The molecule has 0 aliphatic rings. The van der Waals surface area contributed by atoms with Crippen LogP contribution in [0.15, 0.2) is 41.2 Å². The summed E-state index contributed by atoms with van der Waals surface area (Å²) in [7, 11) is 0. The lowest BCUT2D eigenvalue weighted by Crippen LogP contribution is -1.89. The van der Waals surface area contributed by atoms with Crippen LogP contribution in [-0.4, -0.2) is 10.1 Å². The summed E-state index contributed by atoms with van der Waals surface area (Å²) in [5.41, 5.74) is 9.86. The SMILES string of the molecule is Cc1cncc(-c2noc(N)c2-c2ccc(Cl)c(Cl)c2)c1. The van der Waals surface area contributed by atoms with Crippen LogP contribution < -0.4 is 5.73 Å². The third-order valence-corrected chi connectivity index (χ3v) is 3.81. The van der Waals surface area contributed by atoms with E-state index < -0.39 is 0 Å². The number of rotatable bonds is 2. The molecule has 4 nitrogen and oxygen atoms in total. The van der Waals surface area contributed by atoms with Crippen molar-refractivity contribution in [2.75, 3.05) is 5.73 Å². The number of anilines is 1. The molecule has 0 atom stereocenters. The predicted molar refractivity (Wildman–Crippen MR) is 84.3 cm³/mol. The number of pyridine rings is 1. The molecule has 0 saturated heterocycles. The fourth-order valence-electron chi connectivity index (χ4n) is 2.11. The van der Waals surface area contributed by atoms with Gasteiger partial charge in [0.15, 0.2) is 0 Å². The Morgan fingerprint density at radius 3 is 2.57 bits per heavy atom. The van der Waals surface area contributed by atoms with Gasteiger partial charge < -0.3 is 10.3 Å². The summed E-state index contributed by atoms with van der Waals surface area (Å²) >= 11 is 12.0. The first kappa shape index (κ1) is 13.9. The van der Waals surface area contributed by atoms with E-state index in [4.69, 9.17) is 33.5 Å². The van der Waals surface area contributed by atoms with Gasteiger partial charge in [0, 0.05) is 18.0 Å². The fourth-order valence-corrected chi connectivity index (χ4v) is 2.41. The van der Waals surface area contributed by atoms with Crippen LogP contribution in [0.4, 0.5) is 5.88 Å². The largest absolute Gasteiger partial charge is 0.367 e. The van der Waals surface area contributed by atoms with Gasteiger partial charge in [0.05, 0.1) is 15.6 Å². The minimum atomic E-state index is 0.227. The molecule has 0 saturated carbocycles. The van der Waals surface area contributed by atoms with Crippen LogP contribution >= 0.6 is 23.2 Å². The number of benzene rings is 1. The number of aromatic nitrogens is 2. The smallest absolute Gasteiger partial charge is 0.230 e. The maximum absolute atomic E-state index is 6.07. The molecule has 0 radical (unpaired) electrons.